The fraction of sp³-hybridized carbons (Fsp3) is 0.0270. The summed E-state index contributed by atoms with van der Waals surface area (Å²) >= 11 is 0. The van der Waals surface area contributed by atoms with Gasteiger partial charge in [0.2, 0.25) is 0 Å². The Morgan fingerprint density at radius 2 is 1.15 bits per heavy atom. The zero-order chi connectivity index (χ0) is 27.2. The Kier molecular flexibility index (Phi) is 5.49. The Labute approximate surface area is 237 Å². The number of para-hydroxylation sites is 2. The number of hydrogen-bond donors (Lipinski definition) is 1. The highest BCUT2D eigenvalue weighted by atomic mass is 16.3. The molecule has 1 N–H and O–H groups in total. The van der Waals surface area contributed by atoms with Gasteiger partial charge in [0, 0.05) is 27.5 Å². The van der Waals surface area contributed by atoms with Crippen LogP contribution in [0.25, 0.3) is 43.8 Å². The number of rotatable bonds is 4. The van der Waals surface area contributed by atoms with Gasteiger partial charge < -0.3 is 9.73 Å². The van der Waals surface area contributed by atoms with Gasteiger partial charge >= 0.3 is 0 Å². The normalized spacial score (nSPS) is 13.8. The van der Waals surface area contributed by atoms with E-state index in [2.05, 4.69) is 96.3 Å². The van der Waals surface area contributed by atoms with E-state index in [1.54, 1.807) is 0 Å². The summed E-state index contributed by atoms with van der Waals surface area (Å²) in [6.45, 7) is 0. The van der Waals surface area contributed by atoms with Crippen molar-refractivity contribution in [2.45, 2.75) is 6.17 Å². The first-order valence-electron chi connectivity index (χ1n) is 13.8. The molecule has 0 bridgehead atoms. The molecule has 1 aliphatic rings. The molecule has 41 heavy (non-hydrogen) atoms. The molecule has 0 saturated carbocycles. The molecule has 2 heterocycles. The van der Waals surface area contributed by atoms with Gasteiger partial charge in [-0.2, -0.15) is 0 Å². The lowest BCUT2D eigenvalue weighted by Gasteiger charge is -2.22. The van der Waals surface area contributed by atoms with Gasteiger partial charge in [0.05, 0.1) is 0 Å². The van der Waals surface area contributed by atoms with Gasteiger partial charge in [-0.3, -0.25) is 0 Å². The van der Waals surface area contributed by atoms with Gasteiger partial charge in [-0.05, 0) is 40.1 Å². The third-order valence-electron chi connectivity index (χ3n) is 7.71. The zero-order valence-electron chi connectivity index (χ0n) is 22.2. The lowest BCUT2D eigenvalue weighted by molar-refractivity contribution is 0.670. The molecule has 0 amide bonds. The first-order valence-corrected chi connectivity index (χ1v) is 13.8. The molecule has 1 aromatic heterocycles. The number of furan rings is 1. The van der Waals surface area contributed by atoms with Gasteiger partial charge in [-0.1, -0.05) is 121 Å². The highest BCUT2D eigenvalue weighted by molar-refractivity contribution is 6.16. The lowest BCUT2D eigenvalue weighted by Crippen LogP contribution is -2.35. The predicted molar refractivity (Wildman–Crippen MR) is 168 cm³/mol. The van der Waals surface area contributed by atoms with Crippen LogP contribution in [0.2, 0.25) is 0 Å². The highest BCUT2D eigenvalue weighted by Crippen LogP contribution is 2.37. The molecule has 0 atom stereocenters. The second kappa shape index (κ2) is 9.61. The molecule has 8 rings (SSSR count). The first-order chi connectivity index (χ1) is 20.3. The molecule has 4 nitrogen and oxygen atoms in total. The summed E-state index contributed by atoms with van der Waals surface area (Å²) in [4.78, 5) is 10.1. The molecule has 4 heteroatoms. The third-order valence-corrected chi connectivity index (χ3v) is 7.71. The number of aliphatic imine (C=N–C) groups is 2. The minimum Gasteiger partial charge on any atom is -0.455 e. The van der Waals surface area contributed by atoms with Crippen LogP contribution in [-0.2, 0) is 0 Å². The van der Waals surface area contributed by atoms with Crippen molar-refractivity contribution < 1.29 is 4.42 Å². The fourth-order valence-corrected chi connectivity index (χ4v) is 5.65. The molecule has 0 unspecified atom stereocenters. The number of benzene rings is 6. The Morgan fingerprint density at radius 1 is 0.512 bits per heavy atom. The molecule has 7 aromatic rings. The molecule has 0 fully saturated rings. The number of nitrogens with one attached hydrogen (secondary N) is 1. The average Bonchev–Trinajstić information content (AvgIpc) is 3.44. The van der Waals surface area contributed by atoms with Crippen molar-refractivity contribution >= 4 is 44.4 Å². The van der Waals surface area contributed by atoms with Gasteiger partial charge in [0.15, 0.2) is 6.17 Å². The van der Waals surface area contributed by atoms with Crippen LogP contribution < -0.4 is 5.32 Å². The van der Waals surface area contributed by atoms with Gasteiger partial charge in [0.25, 0.3) is 0 Å². The van der Waals surface area contributed by atoms with E-state index < -0.39 is 0 Å². The standard InChI is InChI=1S/C37H25N3O/c1-3-10-24(11-4-1)35-38-36(25-12-5-2-6-13-25)40-37(39-35)29-21-19-26-22-28(20-18-27(26)23-29)30-15-9-16-32-31-14-7-8-17-33(31)41-34(30)32/h1-23,37H,(H,38,39,40). The van der Waals surface area contributed by atoms with Crippen molar-refractivity contribution in [1.82, 2.24) is 5.32 Å². The summed E-state index contributed by atoms with van der Waals surface area (Å²) < 4.78 is 6.31. The Bertz CT molecular complexity index is 2070. The van der Waals surface area contributed by atoms with Crippen LogP contribution in [-0.4, -0.2) is 11.7 Å². The quantitative estimate of drug-likeness (QED) is 0.248. The summed E-state index contributed by atoms with van der Waals surface area (Å²) in [6, 6.07) is 48.1. The topological polar surface area (TPSA) is 49.9 Å². The van der Waals surface area contributed by atoms with Crippen LogP contribution in [0.4, 0.5) is 0 Å². The monoisotopic (exact) mass is 527 g/mol. The Morgan fingerprint density at radius 3 is 1.90 bits per heavy atom. The van der Waals surface area contributed by atoms with Crippen LogP contribution in [0.5, 0.6) is 0 Å². The van der Waals surface area contributed by atoms with Crippen molar-refractivity contribution in [2.75, 3.05) is 0 Å². The van der Waals surface area contributed by atoms with Crippen molar-refractivity contribution in [1.29, 1.82) is 0 Å². The Balaban J connectivity index is 1.20. The maximum atomic E-state index is 6.31. The predicted octanol–water partition coefficient (Wildman–Crippen LogP) is 8.90. The van der Waals surface area contributed by atoms with E-state index in [-0.39, 0.29) is 6.17 Å². The van der Waals surface area contributed by atoms with E-state index in [9.17, 15) is 0 Å². The van der Waals surface area contributed by atoms with E-state index in [4.69, 9.17) is 14.4 Å². The van der Waals surface area contributed by atoms with Crippen molar-refractivity contribution in [3.05, 3.63) is 156 Å². The first kappa shape index (κ1) is 23.4. The summed E-state index contributed by atoms with van der Waals surface area (Å²) in [5, 5.41) is 8.05. The lowest BCUT2D eigenvalue weighted by atomic mass is 9.98. The maximum Gasteiger partial charge on any atom is 0.169 e. The number of hydrogen-bond acceptors (Lipinski definition) is 4. The van der Waals surface area contributed by atoms with Crippen LogP contribution in [0.15, 0.2) is 154 Å². The number of amidine groups is 2. The zero-order valence-corrected chi connectivity index (χ0v) is 22.2. The van der Waals surface area contributed by atoms with Gasteiger partial charge in [-0.15, -0.1) is 0 Å². The molecule has 0 radical (unpaired) electrons. The van der Waals surface area contributed by atoms with Crippen LogP contribution >= 0.6 is 0 Å². The summed E-state index contributed by atoms with van der Waals surface area (Å²) in [6.07, 6.45) is -0.352. The number of nitrogens with zero attached hydrogens (tertiary/aromatic N) is 2. The molecule has 194 valence electrons. The highest BCUT2D eigenvalue weighted by Gasteiger charge is 2.21. The third kappa shape index (κ3) is 4.17. The molecule has 6 aromatic carbocycles. The van der Waals surface area contributed by atoms with E-state index in [1.165, 1.54) is 0 Å². The molecule has 0 spiro atoms. The smallest absolute Gasteiger partial charge is 0.169 e. The second-order valence-electron chi connectivity index (χ2n) is 10.3. The minimum absolute atomic E-state index is 0.352. The van der Waals surface area contributed by atoms with Crippen molar-refractivity contribution in [3.8, 4) is 11.1 Å². The second-order valence-corrected chi connectivity index (χ2v) is 10.3. The van der Waals surface area contributed by atoms with Gasteiger partial charge in [-0.25, -0.2) is 9.98 Å². The molecule has 0 aliphatic carbocycles. The summed E-state index contributed by atoms with van der Waals surface area (Å²) in [7, 11) is 0. The van der Waals surface area contributed by atoms with Crippen LogP contribution in [0, 0.1) is 0 Å². The average molecular weight is 528 g/mol. The van der Waals surface area contributed by atoms with E-state index in [0.717, 1.165) is 72.2 Å². The van der Waals surface area contributed by atoms with Crippen LogP contribution in [0.3, 0.4) is 0 Å². The van der Waals surface area contributed by atoms with Crippen molar-refractivity contribution in [2.24, 2.45) is 9.98 Å². The SMILES string of the molecule is c1ccc(C2=NC(c3ccc4cc(-c5cccc6c5oc5ccccc56)ccc4c3)N=C(c3ccccc3)N2)cc1. The number of fused-ring (bicyclic) bond motifs is 4. The largest absolute Gasteiger partial charge is 0.455 e. The maximum absolute atomic E-state index is 6.31. The van der Waals surface area contributed by atoms with Gasteiger partial charge in [0.1, 0.15) is 22.8 Å². The molecule has 0 saturated heterocycles. The summed E-state index contributed by atoms with van der Waals surface area (Å²) in [5.41, 5.74) is 7.17. The summed E-state index contributed by atoms with van der Waals surface area (Å²) in [5.74, 6) is 1.64. The Hall–Kier alpha value is -5.48. The van der Waals surface area contributed by atoms with E-state index >= 15 is 0 Å². The van der Waals surface area contributed by atoms with Crippen molar-refractivity contribution in [3.63, 3.8) is 0 Å². The van der Waals surface area contributed by atoms with E-state index in [0.29, 0.717) is 0 Å². The fourth-order valence-electron chi connectivity index (χ4n) is 5.65. The molecular formula is C37H25N3O. The molecule has 1 aliphatic heterocycles. The van der Waals surface area contributed by atoms with Crippen LogP contribution in [0.1, 0.15) is 22.9 Å². The van der Waals surface area contributed by atoms with E-state index in [1.807, 2.05) is 48.5 Å². The molecular weight excluding hydrogens is 502 g/mol. The minimum atomic E-state index is -0.352.